The van der Waals surface area contributed by atoms with Crippen LogP contribution in [0.15, 0.2) is 51.7 Å². The molecule has 0 aliphatic carbocycles. The zero-order chi connectivity index (χ0) is 20.4. The Kier molecular flexibility index (Phi) is 6.04. The summed E-state index contributed by atoms with van der Waals surface area (Å²) in [6.45, 7) is 8.13. The van der Waals surface area contributed by atoms with Crippen molar-refractivity contribution in [1.29, 1.82) is 0 Å². The molecular formula is C24H29ClN2O2+2. The topological polar surface area (TPSA) is 51.3 Å². The van der Waals surface area contributed by atoms with E-state index in [1.807, 2.05) is 26.0 Å². The molecule has 4 nitrogen and oxygen atoms in total. The molecule has 1 aliphatic rings. The van der Waals surface area contributed by atoms with Crippen molar-refractivity contribution in [1.82, 2.24) is 0 Å². The summed E-state index contributed by atoms with van der Waals surface area (Å²) in [6.07, 6.45) is 2.55. The van der Waals surface area contributed by atoms with E-state index in [0.717, 1.165) is 40.2 Å². The summed E-state index contributed by atoms with van der Waals surface area (Å²) in [5.74, 6) is 0. The Balaban J connectivity index is 1.57. The normalized spacial score (nSPS) is 15.8. The quantitative estimate of drug-likeness (QED) is 0.611. The van der Waals surface area contributed by atoms with Crippen molar-refractivity contribution in [2.24, 2.45) is 0 Å². The fraction of sp³-hybridized carbons (Fsp3) is 0.375. The van der Waals surface area contributed by atoms with Crippen molar-refractivity contribution in [3.8, 4) is 0 Å². The minimum atomic E-state index is -0.276. The lowest BCUT2D eigenvalue weighted by molar-refractivity contribution is -0.935. The highest BCUT2D eigenvalue weighted by Gasteiger charge is 2.30. The van der Waals surface area contributed by atoms with Gasteiger partial charge >= 0.3 is 5.63 Å². The molecule has 5 heteroatoms. The Labute approximate surface area is 176 Å². The average molecular weight is 413 g/mol. The Bertz CT molecular complexity index is 1070. The van der Waals surface area contributed by atoms with E-state index in [0.29, 0.717) is 11.6 Å². The van der Waals surface area contributed by atoms with Gasteiger partial charge in [0.25, 0.3) is 0 Å². The highest BCUT2D eigenvalue weighted by atomic mass is 35.5. The molecular weight excluding hydrogens is 384 g/mol. The number of nitrogens with two attached hydrogens (primary N) is 1. The second kappa shape index (κ2) is 8.70. The molecule has 0 amide bonds. The monoisotopic (exact) mass is 412 g/mol. The standard InChI is InChI=1S/C24H27ClN2O2/c1-16-9-10-19-18(13-23(28)29-24(19)17(16)2)14-26-15-22(27-11-5-6-12-27)20-7-3-4-8-21(20)25/h3-4,7-10,13,22,26H,5-6,11-12,14-15H2,1-2H3/p+2/t22-/m0/s1. The third kappa shape index (κ3) is 4.25. The number of hydrogen-bond donors (Lipinski definition) is 2. The van der Waals surface area contributed by atoms with Crippen LogP contribution in [0.25, 0.3) is 11.0 Å². The molecule has 3 aromatic rings. The molecule has 2 heterocycles. The van der Waals surface area contributed by atoms with E-state index in [1.54, 1.807) is 11.0 Å². The number of quaternary nitrogens is 2. The largest absolute Gasteiger partial charge is 0.422 e. The van der Waals surface area contributed by atoms with E-state index in [4.69, 9.17) is 16.0 Å². The molecule has 2 aromatic carbocycles. The highest BCUT2D eigenvalue weighted by Crippen LogP contribution is 2.23. The zero-order valence-corrected chi connectivity index (χ0v) is 17.9. The van der Waals surface area contributed by atoms with Gasteiger partial charge < -0.3 is 14.6 Å². The molecule has 1 saturated heterocycles. The highest BCUT2D eigenvalue weighted by molar-refractivity contribution is 6.31. The Morgan fingerprint density at radius 3 is 2.66 bits per heavy atom. The summed E-state index contributed by atoms with van der Waals surface area (Å²) in [5.41, 5.74) is 4.88. The maximum atomic E-state index is 12.1. The first kappa shape index (κ1) is 20.1. The number of nitrogens with one attached hydrogen (secondary N) is 1. The van der Waals surface area contributed by atoms with Gasteiger partial charge in [0.15, 0.2) is 6.04 Å². The summed E-state index contributed by atoms with van der Waals surface area (Å²) in [5, 5.41) is 4.19. The molecule has 1 aliphatic heterocycles. The first-order chi connectivity index (χ1) is 14.0. The number of benzene rings is 2. The lowest BCUT2D eigenvalue weighted by atomic mass is 10.0. The first-order valence-corrected chi connectivity index (χ1v) is 10.9. The molecule has 3 N–H and O–H groups in total. The minimum absolute atomic E-state index is 0.276. The Morgan fingerprint density at radius 1 is 1.14 bits per heavy atom. The van der Waals surface area contributed by atoms with Crippen LogP contribution >= 0.6 is 11.6 Å². The Hall–Kier alpha value is -2.14. The molecule has 1 atom stereocenters. The predicted octanol–water partition coefficient (Wildman–Crippen LogP) is 2.55. The maximum Gasteiger partial charge on any atom is 0.336 e. The number of halogens is 1. The smallest absolute Gasteiger partial charge is 0.336 e. The average Bonchev–Trinajstić information content (AvgIpc) is 3.24. The van der Waals surface area contributed by atoms with Gasteiger partial charge in [-0.05, 0) is 31.0 Å². The summed E-state index contributed by atoms with van der Waals surface area (Å²) in [4.78, 5) is 13.7. The maximum absolute atomic E-state index is 12.1. The molecule has 0 radical (unpaired) electrons. The number of rotatable bonds is 6. The molecule has 0 spiro atoms. The fourth-order valence-electron chi connectivity index (χ4n) is 4.55. The van der Waals surface area contributed by atoms with Crippen molar-refractivity contribution in [3.05, 3.63) is 80.2 Å². The second-order valence-electron chi connectivity index (χ2n) is 8.14. The van der Waals surface area contributed by atoms with Crippen LogP contribution < -0.4 is 15.8 Å². The summed E-state index contributed by atoms with van der Waals surface area (Å²) >= 11 is 6.54. The number of aryl methyl sites for hydroxylation is 2. The van der Waals surface area contributed by atoms with E-state index >= 15 is 0 Å². The van der Waals surface area contributed by atoms with E-state index in [-0.39, 0.29) is 5.63 Å². The molecule has 0 bridgehead atoms. The van der Waals surface area contributed by atoms with Crippen LogP contribution in [0.2, 0.25) is 5.02 Å². The van der Waals surface area contributed by atoms with Crippen molar-refractivity contribution < 1.29 is 14.6 Å². The number of hydrogen-bond acceptors (Lipinski definition) is 2. The second-order valence-corrected chi connectivity index (χ2v) is 8.55. The van der Waals surface area contributed by atoms with Gasteiger partial charge in [-0.25, -0.2) is 4.79 Å². The lowest BCUT2D eigenvalue weighted by Gasteiger charge is -2.24. The molecule has 4 rings (SSSR count). The summed E-state index contributed by atoms with van der Waals surface area (Å²) < 4.78 is 5.52. The molecule has 1 fully saturated rings. The van der Waals surface area contributed by atoms with E-state index in [1.165, 1.54) is 31.5 Å². The van der Waals surface area contributed by atoms with Gasteiger partial charge in [-0.1, -0.05) is 41.9 Å². The zero-order valence-electron chi connectivity index (χ0n) is 17.1. The van der Waals surface area contributed by atoms with Gasteiger partial charge in [-0.3, -0.25) is 0 Å². The van der Waals surface area contributed by atoms with Crippen molar-refractivity contribution >= 4 is 22.6 Å². The van der Waals surface area contributed by atoms with Crippen LogP contribution in [-0.2, 0) is 6.54 Å². The third-order valence-electron chi connectivity index (χ3n) is 6.30. The molecule has 1 aromatic heterocycles. The van der Waals surface area contributed by atoms with Gasteiger partial charge in [0.05, 0.1) is 13.1 Å². The molecule has 152 valence electrons. The first-order valence-electron chi connectivity index (χ1n) is 10.5. The summed E-state index contributed by atoms with van der Waals surface area (Å²) in [7, 11) is 0. The van der Waals surface area contributed by atoms with Crippen LogP contribution in [-0.4, -0.2) is 19.6 Å². The van der Waals surface area contributed by atoms with Crippen LogP contribution in [0.4, 0.5) is 0 Å². The van der Waals surface area contributed by atoms with Gasteiger partial charge in [0, 0.05) is 40.4 Å². The van der Waals surface area contributed by atoms with Crippen LogP contribution in [0.3, 0.4) is 0 Å². The van der Waals surface area contributed by atoms with Crippen molar-refractivity contribution in [2.45, 2.75) is 39.3 Å². The van der Waals surface area contributed by atoms with Crippen LogP contribution in [0.1, 0.15) is 41.1 Å². The van der Waals surface area contributed by atoms with Gasteiger partial charge in [0.2, 0.25) is 0 Å². The number of fused-ring (bicyclic) bond motifs is 1. The van der Waals surface area contributed by atoms with Gasteiger partial charge in [-0.2, -0.15) is 0 Å². The minimum Gasteiger partial charge on any atom is -0.422 e. The van der Waals surface area contributed by atoms with E-state index in [2.05, 4.69) is 29.6 Å². The predicted molar refractivity (Wildman–Crippen MR) is 117 cm³/mol. The molecule has 0 saturated carbocycles. The van der Waals surface area contributed by atoms with Gasteiger partial charge in [0.1, 0.15) is 18.7 Å². The van der Waals surface area contributed by atoms with E-state index < -0.39 is 0 Å². The lowest BCUT2D eigenvalue weighted by Crippen LogP contribution is -3.13. The Morgan fingerprint density at radius 2 is 1.90 bits per heavy atom. The van der Waals surface area contributed by atoms with Gasteiger partial charge in [-0.15, -0.1) is 0 Å². The molecule has 0 unspecified atom stereocenters. The van der Waals surface area contributed by atoms with Crippen molar-refractivity contribution in [3.63, 3.8) is 0 Å². The number of likely N-dealkylation sites (tertiary alicyclic amines) is 1. The van der Waals surface area contributed by atoms with Crippen LogP contribution in [0, 0.1) is 13.8 Å². The molecule has 29 heavy (non-hydrogen) atoms. The summed E-state index contributed by atoms with van der Waals surface area (Å²) in [6, 6.07) is 14.4. The fourth-order valence-corrected chi connectivity index (χ4v) is 4.82. The third-order valence-corrected chi connectivity index (χ3v) is 6.65. The SMILES string of the molecule is Cc1ccc2c(C[NH2+]C[C@@H](c3ccccc3Cl)[NH+]3CCCC3)cc(=O)oc2c1C. The van der Waals surface area contributed by atoms with E-state index in [9.17, 15) is 4.79 Å². The van der Waals surface area contributed by atoms with Crippen LogP contribution in [0.5, 0.6) is 0 Å². The van der Waals surface area contributed by atoms with Crippen molar-refractivity contribution in [2.75, 3.05) is 19.6 Å².